The number of sulfonamides is 1. The first-order valence-electron chi connectivity index (χ1n) is 10.3. The molecule has 0 bridgehead atoms. The maximum Gasteiger partial charge on any atom is 0.262 e. The first-order valence-corrected chi connectivity index (χ1v) is 11.8. The maximum atomic E-state index is 13.3. The van der Waals surface area contributed by atoms with Gasteiger partial charge >= 0.3 is 0 Å². The SMILES string of the molecule is Cn1cnc(S(=O)(=O)N2CC(c3nncn3CC3CC3)C3(CCCCC3)C2)c1. The number of nitrogens with zero attached hydrogens (tertiary/aromatic N) is 6. The third-order valence-corrected chi connectivity index (χ3v) is 8.56. The van der Waals surface area contributed by atoms with E-state index in [9.17, 15) is 8.42 Å². The molecule has 1 saturated heterocycles. The first-order chi connectivity index (χ1) is 13.5. The topological polar surface area (TPSA) is 85.9 Å². The zero-order valence-corrected chi connectivity index (χ0v) is 17.2. The molecule has 1 unspecified atom stereocenters. The molecule has 0 amide bonds. The van der Waals surface area contributed by atoms with Gasteiger partial charge in [-0.1, -0.05) is 19.3 Å². The molecule has 1 spiro atoms. The first kappa shape index (κ1) is 18.3. The number of rotatable bonds is 5. The summed E-state index contributed by atoms with van der Waals surface area (Å²) in [5, 5.41) is 8.84. The molecule has 2 aromatic heterocycles. The van der Waals surface area contributed by atoms with Gasteiger partial charge in [-0.2, -0.15) is 4.31 Å². The summed E-state index contributed by atoms with van der Waals surface area (Å²) in [6.45, 7) is 2.00. The van der Waals surface area contributed by atoms with Gasteiger partial charge in [-0.15, -0.1) is 10.2 Å². The van der Waals surface area contributed by atoms with Crippen molar-refractivity contribution in [3.8, 4) is 0 Å². The molecule has 3 heterocycles. The average Bonchev–Trinajstić information content (AvgIpc) is 3.03. The van der Waals surface area contributed by atoms with Gasteiger partial charge in [0.1, 0.15) is 12.2 Å². The summed E-state index contributed by atoms with van der Waals surface area (Å²) in [4.78, 5) is 4.12. The minimum Gasteiger partial charge on any atom is -0.339 e. The van der Waals surface area contributed by atoms with Crippen molar-refractivity contribution < 1.29 is 8.42 Å². The minimum atomic E-state index is -3.60. The molecule has 8 nitrogen and oxygen atoms in total. The third-order valence-electron chi connectivity index (χ3n) is 6.86. The summed E-state index contributed by atoms with van der Waals surface area (Å²) in [6.07, 6.45) is 13.2. The molecule has 1 aliphatic heterocycles. The van der Waals surface area contributed by atoms with Crippen LogP contribution in [0.3, 0.4) is 0 Å². The monoisotopic (exact) mass is 404 g/mol. The van der Waals surface area contributed by atoms with E-state index in [0.717, 1.165) is 44.0 Å². The van der Waals surface area contributed by atoms with E-state index in [1.165, 1.54) is 19.3 Å². The van der Waals surface area contributed by atoms with Crippen LogP contribution in [-0.2, 0) is 23.6 Å². The maximum absolute atomic E-state index is 13.3. The van der Waals surface area contributed by atoms with E-state index in [2.05, 4.69) is 19.7 Å². The van der Waals surface area contributed by atoms with Crippen molar-refractivity contribution in [1.29, 1.82) is 0 Å². The second-order valence-corrected chi connectivity index (χ2v) is 10.8. The Bertz CT molecular complexity index is 955. The standard InChI is InChI=1S/C19H28N6O2S/c1-23-11-17(20-13-23)28(26,27)25-10-16(19(12-25)7-3-2-4-8-19)18-22-21-14-24(18)9-15-5-6-15/h11,13-16H,2-10,12H2,1H3. The van der Waals surface area contributed by atoms with Gasteiger partial charge in [0.05, 0.1) is 6.33 Å². The highest BCUT2D eigenvalue weighted by Crippen LogP contribution is 2.52. The van der Waals surface area contributed by atoms with Crippen LogP contribution in [0.25, 0.3) is 0 Å². The molecule has 0 radical (unpaired) electrons. The van der Waals surface area contributed by atoms with Crippen LogP contribution in [0, 0.1) is 11.3 Å². The molecule has 0 aromatic carbocycles. The molecule has 28 heavy (non-hydrogen) atoms. The second-order valence-electron chi connectivity index (χ2n) is 8.94. The predicted molar refractivity (Wildman–Crippen MR) is 103 cm³/mol. The number of hydrogen-bond donors (Lipinski definition) is 0. The number of imidazole rings is 1. The Hall–Kier alpha value is -1.74. The molecule has 3 aliphatic rings. The zero-order chi connectivity index (χ0) is 19.4. The molecule has 3 fully saturated rings. The highest BCUT2D eigenvalue weighted by Gasteiger charge is 2.52. The second kappa shape index (κ2) is 6.66. The van der Waals surface area contributed by atoms with Gasteiger partial charge in [0, 0.05) is 38.8 Å². The molecular formula is C19H28N6O2S. The van der Waals surface area contributed by atoms with Gasteiger partial charge in [-0.25, -0.2) is 13.4 Å². The molecule has 0 N–H and O–H groups in total. The van der Waals surface area contributed by atoms with E-state index < -0.39 is 10.0 Å². The number of hydrogen-bond acceptors (Lipinski definition) is 5. The Balaban J connectivity index is 1.49. The molecule has 2 saturated carbocycles. The van der Waals surface area contributed by atoms with E-state index in [0.29, 0.717) is 13.1 Å². The van der Waals surface area contributed by atoms with E-state index in [1.807, 2.05) is 6.33 Å². The molecular weight excluding hydrogens is 376 g/mol. The Morgan fingerprint density at radius 3 is 2.64 bits per heavy atom. The molecule has 9 heteroatoms. The van der Waals surface area contributed by atoms with Gasteiger partial charge in [0.15, 0.2) is 5.03 Å². The average molecular weight is 405 g/mol. The van der Waals surface area contributed by atoms with E-state index in [4.69, 9.17) is 0 Å². The zero-order valence-electron chi connectivity index (χ0n) is 16.4. The molecule has 152 valence electrons. The van der Waals surface area contributed by atoms with Crippen molar-refractivity contribution in [1.82, 2.24) is 28.6 Å². The van der Waals surface area contributed by atoms with Crippen molar-refractivity contribution >= 4 is 10.0 Å². The smallest absolute Gasteiger partial charge is 0.262 e. The normalized spacial score (nSPS) is 25.5. The van der Waals surface area contributed by atoms with Crippen LogP contribution < -0.4 is 0 Å². The molecule has 2 aromatic rings. The summed E-state index contributed by atoms with van der Waals surface area (Å²) >= 11 is 0. The van der Waals surface area contributed by atoms with E-state index >= 15 is 0 Å². The Morgan fingerprint density at radius 1 is 1.18 bits per heavy atom. The molecule has 5 rings (SSSR count). The molecule has 1 atom stereocenters. The molecule has 2 aliphatic carbocycles. The lowest BCUT2D eigenvalue weighted by molar-refractivity contribution is 0.176. The summed E-state index contributed by atoms with van der Waals surface area (Å²) < 4.78 is 32.1. The quantitative estimate of drug-likeness (QED) is 0.762. The largest absolute Gasteiger partial charge is 0.339 e. The summed E-state index contributed by atoms with van der Waals surface area (Å²) in [5.74, 6) is 1.81. The summed E-state index contributed by atoms with van der Waals surface area (Å²) in [6, 6.07) is 0. The van der Waals surface area contributed by atoms with Crippen molar-refractivity contribution in [2.75, 3.05) is 13.1 Å². The van der Waals surface area contributed by atoms with Crippen molar-refractivity contribution in [3.63, 3.8) is 0 Å². The Labute approximate surface area is 166 Å². The van der Waals surface area contributed by atoms with Gasteiger partial charge in [-0.3, -0.25) is 0 Å². The van der Waals surface area contributed by atoms with E-state index in [1.54, 1.807) is 28.4 Å². The fourth-order valence-corrected chi connectivity index (χ4v) is 6.65. The number of aryl methyl sites for hydroxylation is 1. The number of aromatic nitrogens is 5. The van der Waals surface area contributed by atoms with Crippen LogP contribution in [0.5, 0.6) is 0 Å². The van der Waals surface area contributed by atoms with Gasteiger partial charge in [0.25, 0.3) is 10.0 Å². The Kier molecular flexibility index (Phi) is 4.35. The van der Waals surface area contributed by atoms with Crippen molar-refractivity contribution in [2.24, 2.45) is 18.4 Å². The highest BCUT2D eigenvalue weighted by molar-refractivity contribution is 7.89. The van der Waals surface area contributed by atoms with Crippen LogP contribution >= 0.6 is 0 Å². The van der Waals surface area contributed by atoms with Crippen LogP contribution in [-0.4, -0.2) is 50.1 Å². The highest BCUT2D eigenvalue weighted by atomic mass is 32.2. The van der Waals surface area contributed by atoms with Crippen LogP contribution in [0.15, 0.2) is 23.9 Å². The van der Waals surface area contributed by atoms with Gasteiger partial charge in [-0.05, 0) is 37.0 Å². The predicted octanol–water partition coefficient (Wildman–Crippen LogP) is 2.16. The lowest BCUT2D eigenvalue weighted by Gasteiger charge is -2.37. The van der Waals surface area contributed by atoms with Gasteiger partial charge in [0.2, 0.25) is 0 Å². The fourth-order valence-electron chi connectivity index (χ4n) is 5.13. The lowest BCUT2D eigenvalue weighted by atomic mass is 9.67. The fraction of sp³-hybridized carbons (Fsp3) is 0.737. The Morgan fingerprint density at radius 2 is 1.96 bits per heavy atom. The van der Waals surface area contributed by atoms with Crippen LogP contribution in [0.1, 0.15) is 56.7 Å². The van der Waals surface area contributed by atoms with Crippen LogP contribution in [0.4, 0.5) is 0 Å². The van der Waals surface area contributed by atoms with Crippen LogP contribution in [0.2, 0.25) is 0 Å². The summed E-state index contributed by atoms with van der Waals surface area (Å²) in [5.41, 5.74) is -0.0333. The van der Waals surface area contributed by atoms with Crippen molar-refractivity contribution in [3.05, 3.63) is 24.7 Å². The minimum absolute atomic E-state index is 0.0333. The van der Waals surface area contributed by atoms with Gasteiger partial charge < -0.3 is 9.13 Å². The lowest BCUT2D eigenvalue weighted by Crippen LogP contribution is -2.34. The van der Waals surface area contributed by atoms with Crippen molar-refractivity contribution in [2.45, 2.75) is 62.4 Å². The summed E-state index contributed by atoms with van der Waals surface area (Å²) in [7, 11) is -1.80. The van der Waals surface area contributed by atoms with E-state index in [-0.39, 0.29) is 16.4 Å². The third kappa shape index (κ3) is 3.08.